The van der Waals surface area contributed by atoms with Crippen LogP contribution in [0.25, 0.3) is 44.3 Å². The summed E-state index contributed by atoms with van der Waals surface area (Å²) in [5.74, 6) is 0. The van der Waals surface area contributed by atoms with E-state index in [1.165, 1.54) is 33.4 Å². The summed E-state index contributed by atoms with van der Waals surface area (Å²) in [7, 11) is 0. The molecule has 0 saturated heterocycles. The topological polar surface area (TPSA) is 25.8 Å². The highest BCUT2D eigenvalue weighted by atomic mass is 14.8. The highest BCUT2D eigenvalue weighted by molar-refractivity contribution is 5.91. The van der Waals surface area contributed by atoms with E-state index in [0.29, 0.717) is 0 Å². The number of aryl methyl sites for hydroxylation is 2. The Morgan fingerprint density at radius 3 is 1.32 bits per heavy atom. The van der Waals surface area contributed by atoms with Gasteiger partial charge in [0, 0.05) is 0 Å². The van der Waals surface area contributed by atoms with E-state index in [2.05, 4.69) is 98.8 Å². The van der Waals surface area contributed by atoms with Crippen molar-refractivity contribution in [2.75, 3.05) is 0 Å². The predicted molar refractivity (Wildman–Crippen MR) is 117 cm³/mol. The van der Waals surface area contributed by atoms with Crippen molar-refractivity contribution in [3.8, 4) is 22.3 Å². The molecule has 5 aromatic rings. The lowest BCUT2D eigenvalue weighted by molar-refractivity contribution is 1.38. The van der Waals surface area contributed by atoms with E-state index in [1.807, 2.05) is 0 Å². The molecule has 0 saturated carbocycles. The van der Waals surface area contributed by atoms with Crippen molar-refractivity contribution in [1.29, 1.82) is 0 Å². The summed E-state index contributed by atoms with van der Waals surface area (Å²) in [6.45, 7) is 4.28. The quantitative estimate of drug-likeness (QED) is 0.326. The molecule has 0 bridgehead atoms. The van der Waals surface area contributed by atoms with E-state index >= 15 is 0 Å². The molecule has 0 aliphatic heterocycles. The van der Waals surface area contributed by atoms with Gasteiger partial charge in [0.2, 0.25) is 0 Å². The zero-order valence-corrected chi connectivity index (χ0v) is 16.0. The minimum Gasteiger partial charge on any atom is -0.244 e. The van der Waals surface area contributed by atoms with Crippen molar-refractivity contribution in [3.63, 3.8) is 0 Å². The first-order valence-electron chi connectivity index (χ1n) is 9.53. The SMILES string of the molecule is Cc1ccccc1-c1ccc2nc3cc(-c4ccccc4C)ccc3nc2c1. The number of hydrogen-bond donors (Lipinski definition) is 0. The molecule has 2 nitrogen and oxygen atoms in total. The maximum atomic E-state index is 4.89. The van der Waals surface area contributed by atoms with Crippen molar-refractivity contribution >= 4 is 22.1 Å². The van der Waals surface area contributed by atoms with Gasteiger partial charge in [0.15, 0.2) is 0 Å². The van der Waals surface area contributed by atoms with Gasteiger partial charge in [-0.1, -0.05) is 60.7 Å². The van der Waals surface area contributed by atoms with Gasteiger partial charge in [0.25, 0.3) is 0 Å². The van der Waals surface area contributed by atoms with Gasteiger partial charge in [-0.05, 0) is 71.5 Å². The lowest BCUT2D eigenvalue weighted by atomic mass is 9.99. The molecule has 0 aliphatic carbocycles. The van der Waals surface area contributed by atoms with Gasteiger partial charge >= 0.3 is 0 Å². The predicted octanol–water partition coefficient (Wildman–Crippen LogP) is 6.73. The average molecular weight is 360 g/mol. The van der Waals surface area contributed by atoms with Gasteiger partial charge in [-0.15, -0.1) is 0 Å². The van der Waals surface area contributed by atoms with Gasteiger partial charge < -0.3 is 0 Å². The maximum absolute atomic E-state index is 4.89. The summed E-state index contributed by atoms with van der Waals surface area (Å²) in [5, 5.41) is 0. The van der Waals surface area contributed by atoms with Gasteiger partial charge in [0.1, 0.15) is 0 Å². The van der Waals surface area contributed by atoms with E-state index in [4.69, 9.17) is 9.97 Å². The molecule has 0 spiro atoms. The van der Waals surface area contributed by atoms with E-state index < -0.39 is 0 Å². The van der Waals surface area contributed by atoms with Crippen LogP contribution in [0.5, 0.6) is 0 Å². The van der Waals surface area contributed by atoms with Crippen LogP contribution in [0.1, 0.15) is 11.1 Å². The fourth-order valence-electron chi connectivity index (χ4n) is 3.80. The molecule has 1 heterocycles. The molecule has 0 amide bonds. The molecule has 4 aromatic carbocycles. The van der Waals surface area contributed by atoms with Crippen molar-refractivity contribution in [1.82, 2.24) is 9.97 Å². The second-order valence-corrected chi connectivity index (χ2v) is 7.26. The molecule has 2 heteroatoms. The monoisotopic (exact) mass is 360 g/mol. The molecule has 0 radical (unpaired) electrons. The lowest BCUT2D eigenvalue weighted by Gasteiger charge is -2.09. The van der Waals surface area contributed by atoms with E-state index in [0.717, 1.165) is 22.1 Å². The summed E-state index contributed by atoms with van der Waals surface area (Å²) >= 11 is 0. The Morgan fingerprint density at radius 1 is 0.464 bits per heavy atom. The average Bonchev–Trinajstić information content (AvgIpc) is 2.72. The standard InChI is InChI=1S/C26H20N2/c1-17-7-3-5-9-21(17)19-11-13-23-25(15-19)27-24-14-12-20(16-26(24)28-23)22-10-6-4-8-18(22)2/h3-16H,1-2H3. The van der Waals surface area contributed by atoms with Gasteiger partial charge in [-0.2, -0.15) is 0 Å². The lowest BCUT2D eigenvalue weighted by Crippen LogP contribution is -1.90. The zero-order valence-electron chi connectivity index (χ0n) is 16.0. The highest BCUT2D eigenvalue weighted by Gasteiger charge is 2.08. The number of hydrogen-bond acceptors (Lipinski definition) is 2. The van der Waals surface area contributed by atoms with Gasteiger partial charge in [-0.25, -0.2) is 9.97 Å². The van der Waals surface area contributed by atoms with Crippen LogP contribution in [0.3, 0.4) is 0 Å². The van der Waals surface area contributed by atoms with Crippen LogP contribution in [-0.4, -0.2) is 9.97 Å². The maximum Gasteiger partial charge on any atom is 0.0900 e. The molecule has 5 rings (SSSR count). The minimum absolute atomic E-state index is 0.923. The van der Waals surface area contributed by atoms with Crippen molar-refractivity contribution < 1.29 is 0 Å². The molecule has 134 valence electrons. The number of nitrogens with zero attached hydrogens (tertiary/aromatic N) is 2. The number of benzene rings is 4. The van der Waals surface area contributed by atoms with Crippen molar-refractivity contribution in [2.24, 2.45) is 0 Å². The van der Waals surface area contributed by atoms with Crippen LogP contribution >= 0.6 is 0 Å². The van der Waals surface area contributed by atoms with Crippen LogP contribution in [0.15, 0.2) is 84.9 Å². The third kappa shape index (κ3) is 2.84. The second kappa shape index (κ2) is 6.58. The molecule has 1 aromatic heterocycles. The van der Waals surface area contributed by atoms with Crippen LogP contribution in [0, 0.1) is 13.8 Å². The number of fused-ring (bicyclic) bond motifs is 2. The Balaban J connectivity index is 1.65. The van der Waals surface area contributed by atoms with Crippen LogP contribution in [-0.2, 0) is 0 Å². The first-order chi connectivity index (χ1) is 13.7. The van der Waals surface area contributed by atoms with E-state index in [1.54, 1.807) is 0 Å². The molecule has 28 heavy (non-hydrogen) atoms. The van der Waals surface area contributed by atoms with Crippen LogP contribution < -0.4 is 0 Å². The van der Waals surface area contributed by atoms with Crippen LogP contribution in [0.4, 0.5) is 0 Å². The fraction of sp³-hybridized carbons (Fsp3) is 0.0769. The number of rotatable bonds is 2. The zero-order chi connectivity index (χ0) is 19.1. The van der Waals surface area contributed by atoms with Crippen molar-refractivity contribution in [3.05, 3.63) is 96.1 Å². The minimum atomic E-state index is 0.923. The number of aromatic nitrogens is 2. The normalized spacial score (nSPS) is 11.2. The highest BCUT2D eigenvalue weighted by Crippen LogP contribution is 2.29. The van der Waals surface area contributed by atoms with E-state index in [-0.39, 0.29) is 0 Å². The van der Waals surface area contributed by atoms with Gasteiger partial charge in [0.05, 0.1) is 22.1 Å². The Hall–Kier alpha value is -3.52. The molecule has 0 unspecified atom stereocenters. The first kappa shape index (κ1) is 16.6. The Bertz CT molecular complexity index is 1230. The van der Waals surface area contributed by atoms with E-state index in [9.17, 15) is 0 Å². The fourth-order valence-corrected chi connectivity index (χ4v) is 3.80. The molecule has 0 aliphatic rings. The summed E-state index contributed by atoms with van der Waals surface area (Å²) < 4.78 is 0. The summed E-state index contributed by atoms with van der Waals surface area (Å²) in [6, 6.07) is 29.6. The smallest absolute Gasteiger partial charge is 0.0900 e. The largest absolute Gasteiger partial charge is 0.244 e. The molecular weight excluding hydrogens is 340 g/mol. The van der Waals surface area contributed by atoms with Gasteiger partial charge in [-0.3, -0.25) is 0 Å². The summed E-state index contributed by atoms with van der Waals surface area (Å²) in [6.07, 6.45) is 0. The van der Waals surface area contributed by atoms with Crippen molar-refractivity contribution in [2.45, 2.75) is 13.8 Å². The third-order valence-electron chi connectivity index (χ3n) is 5.34. The molecule has 0 fully saturated rings. The summed E-state index contributed by atoms with van der Waals surface area (Å²) in [5.41, 5.74) is 11.1. The second-order valence-electron chi connectivity index (χ2n) is 7.26. The Kier molecular flexibility index (Phi) is 3.91. The third-order valence-corrected chi connectivity index (χ3v) is 5.34. The Morgan fingerprint density at radius 2 is 0.893 bits per heavy atom. The molecular formula is C26H20N2. The Labute approximate surface area is 164 Å². The molecule has 0 N–H and O–H groups in total. The molecule has 0 atom stereocenters. The van der Waals surface area contributed by atoms with Crippen LogP contribution in [0.2, 0.25) is 0 Å². The first-order valence-corrected chi connectivity index (χ1v) is 9.53. The summed E-state index contributed by atoms with van der Waals surface area (Å²) in [4.78, 5) is 9.78.